The number of rotatable bonds is 6. The van der Waals surface area contributed by atoms with Crippen molar-refractivity contribution >= 4 is 28.7 Å². The number of furan rings is 1. The summed E-state index contributed by atoms with van der Waals surface area (Å²) in [6.45, 7) is 5.77. The molecule has 0 bridgehead atoms. The van der Waals surface area contributed by atoms with Crippen LogP contribution in [0.5, 0.6) is 0 Å². The van der Waals surface area contributed by atoms with Crippen LogP contribution in [0.3, 0.4) is 0 Å². The van der Waals surface area contributed by atoms with Gasteiger partial charge < -0.3 is 14.5 Å². The molecule has 1 atom stereocenters. The molecule has 0 unspecified atom stereocenters. The van der Waals surface area contributed by atoms with Crippen LogP contribution >= 0.6 is 11.6 Å². The van der Waals surface area contributed by atoms with Gasteiger partial charge in [0.25, 0.3) is 0 Å². The van der Waals surface area contributed by atoms with Gasteiger partial charge in [-0.05, 0) is 29.9 Å². The molecule has 0 fully saturated rings. The zero-order valence-corrected chi connectivity index (χ0v) is 18.4. The first kappa shape index (κ1) is 21.9. The minimum atomic E-state index is -0.951. The van der Waals surface area contributed by atoms with Crippen LogP contribution in [0.2, 0.25) is 5.15 Å². The summed E-state index contributed by atoms with van der Waals surface area (Å²) in [6, 6.07) is 3.24. The van der Waals surface area contributed by atoms with E-state index in [2.05, 4.69) is 24.9 Å². The number of H-pyrrole nitrogens is 1. The minimum Gasteiger partial charge on any atom is -0.481 e. The average molecular weight is 458 g/mol. The Kier molecular flexibility index (Phi) is 5.68. The average Bonchev–Trinajstić information content (AvgIpc) is 3.37. The molecule has 0 spiro atoms. The van der Waals surface area contributed by atoms with E-state index in [1.165, 1.54) is 12.5 Å². The SMILES string of the molecule is CC(C)(C)[C@@H](CC(=O)O)Cc1nc(-c2c[nH]c3ncc(Cl)nc23)nc(-c2ccco2)c1F. The quantitative estimate of drug-likeness (QED) is 0.411. The van der Waals surface area contributed by atoms with Gasteiger partial charge in [0.1, 0.15) is 16.4 Å². The third kappa shape index (κ3) is 4.34. The number of carboxylic acids is 1. The van der Waals surface area contributed by atoms with Gasteiger partial charge in [-0.3, -0.25) is 4.79 Å². The van der Waals surface area contributed by atoms with E-state index >= 15 is 4.39 Å². The summed E-state index contributed by atoms with van der Waals surface area (Å²) < 4.78 is 20.9. The lowest BCUT2D eigenvalue weighted by Crippen LogP contribution is -2.26. The maximum atomic E-state index is 15.5. The smallest absolute Gasteiger partial charge is 0.303 e. The van der Waals surface area contributed by atoms with Crippen LogP contribution in [0.4, 0.5) is 4.39 Å². The van der Waals surface area contributed by atoms with Crippen molar-refractivity contribution in [1.82, 2.24) is 24.9 Å². The predicted molar refractivity (Wildman–Crippen MR) is 116 cm³/mol. The van der Waals surface area contributed by atoms with Crippen LogP contribution < -0.4 is 0 Å². The number of hydrogen-bond acceptors (Lipinski definition) is 6. The second-order valence-electron chi connectivity index (χ2n) is 8.59. The molecule has 2 N–H and O–H groups in total. The van der Waals surface area contributed by atoms with E-state index in [-0.39, 0.29) is 52.3 Å². The van der Waals surface area contributed by atoms with Gasteiger partial charge in [0, 0.05) is 12.6 Å². The molecule has 4 heterocycles. The fourth-order valence-electron chi connectivity index (χ4n) is 3.49. The lowest BCUT2D eigenvalue weighted by atomic mass is 9.76. The van der Waals surface area contributed by atoms with Gasteiger partial charge in [0.15, 0.2) is 23.0 Å². The van der Waals surface area contributed by atoms with Crippen molar-refractivity contribution in [2.75, 3.05) is 0 Å². The topological polar surface area (TPSA) is 118 Å². The molecule has 8 nitrogen and oxygen atoms in total. The normalized spacial score (nSPS) is 12.9. The van der Waals surface area contributed by atoms with Gasteiger partial charge in [0.05, 0.1) is 23.7 Å². The zero-order valence-electron chi connectivity index (χ0n) is 17.7. The van der Waals surface area contributed by atoms with Crippen LogP contribution in [0, 0.1) is 17.2 Å². The van der Waals surface area contributed by atoms with Gasteiger partial charge in [0.2, 0.25) is 0 Å². The molecule has 0 aliphatic carbocycles. The maximum Gasteiger partial charge on any atom is 0.303 e. The molecule has 0 aliphatic heterocycles. The number of halogens is 2. The first-order chi connectivity index (χ1) is 15.1. The molecule has 4 aromatic heterocycles. The fourth-order valence-corrected chi connectivity index (χ4v) is 3.63. The van der Waals surface area contributed by atoms with Crippen molar-refractivity contribution < 1.29 is 18.7 Å². The van der Waals surface area contributed by atoms with Crippen molar-refractivity contribution in [1.29, 1.82) is 0 Å². The molecule has 0 aliphatic rings. The molecular weight excluding hydrogens is 437 g/mol. The Morgan fingerprint density at radius 1 is 1.31 bits per heavy atom. The predicted octanol–water partition coefficient (Wildman–Crippen LogP) is 5.15. The number of carboxylic acid groups (broad SMARTS) is 1. The number of aliphatic carboxylic acids is 1. The van der Waals surface area contributed by atoms with E-state index < -0.39 is 11.8 Å². The summed E-state index contributed by atoms with van der Waals surface area (Å²) in [6.07, 6.45) is 4.46. The van der Waals surface area contributed by atoms with E-state index in [0.717, 1.165) is 0 Å². The van der Waals surface area contributed by atoms with E-state index in [1.807, 2.05) is 20.8 Å². The highest BCUT2D eigenvalue weighted by Gasteiger charge is 2.30. The highest BCUT2D eigenvalue weighted by Crippen LogP contribution is 2.35. The van der Waals surface area contributed by atoms with Crippen molar-refractivity contribution in [3.8, 4) is 22.8 Å². The van der Waals surface area contributed by atoms with Crippen molar-refractivity contribution in [3.05, 3.63) is 47.5 Å². The van der Waals surface area contributed by atoms with E-state index in [4.69, 9.17) is 16.0 Å². The lowest BCUT2D eigenvalue weighted by Gasteiger charge is -2.29. The summed E-state index contributed by atoms with van der Waals surface area (Å²) in [4.78, 5) is 31.8. The standard InChI is InChI=1S/C22H21ClFN5O3/c1-22(2,3)11(8-16(30)31)7-13-17(24)19(14-5-4-6-32-14)29-20(27-13)12-9-25-21-18(12)28-15(23)10-26-21/h4-6,9-11H,7-8H2,1-3H3,(H,25,26)(H,30,31)/t11-/m1/s1. The highest BCUT2D eigenvalue weighted by atomic mass is 35.5. The summed E-state index contributed by atoms with van der Waals surface area (Å²) in [5, 5.41) is 9.57. The molecule has 0 radical (unpaired) electrons. The van der Waals surface area contributed by atoms with E-state index in [0.29, 0.717) is 16.7 Å². The first-order valence-electron chi connectivity index (χ1n) is 9.95. The molecule has 4 aromatic rings. The van der Waals surface area contributed by atoms with Crippen LogP contribution in [-0.4, -0.2) is 36.0 Å². The Labute approximate surface area is 187 Å². The summed E-state index contributed by atoms with van der Waals surface area (Å²) in [5.74, 6) is -1.51. The van der Waals surface area contributed by atoms with Crippen molar-refractivity contribution in [2.24, 2.45) is 11.3 Å². The Morgan fingerprint density at radius 3 is 2.75 bits per heavy atom. The van der Waals surface area contributed by atoms with Gasteiger partial charge in [-0.1, -0.05) is 32.4 Å². The van der Waals surface area contributed by atoms with E-state index in [9.17, 15) is 9.90 Å². The number of hydrogen-bond donors (Lipinski definition) is 2. The third-order valence-electron chi connectivity index (χ3n) is 5.35. The third-order valence-corrected chi connectivity index (χ3v) is 5.53. The molecule has 0 saturated carbocycles. The number of aromatic amines is 1. The Morgan fingerprint density at radius 2 is 2.09 bits per heavy atom. The number of aromatic nitrogens is 5. The molecule has 0 amide bonds. The molecule has 4 rings (SSSR count). The summed E-state index contributed by atoms with van der Waals surface area (Å²) in [7, 11) is 0. The zero-order chi connectivity index (χ0) is 23.0. The number of carbonyl (C=O) groups is 1. The fraction of sp³-hybridized carbons (Fsp3) is 0.318. The number of fused-ring (bicyclic) bond motifs is 1. The Balaban J connectivity index is 1.89. The number of nitrogens with one attached hydrogen (secondary N) is 1. The second-order valence-corrected chi connectivity index (χ2v) is 8.98. The largest absolute Gasteiger partial charge is 0.481 e. The minimum absolute atomic E-state index is 0.0117. The van der Waals surface area contributed by atoms with Crippen LogP contribution in [0.15, 0.2) is 35.2 Å². The molecule has 0 saturated heterocycles. The number of nitrogens with zero attached hydrogens (tertiary/aromatic N) is 4. The molecule has 10 heteroatoms. The summed E-state index contributed by atoms with van der Waals surface area (Å²) in [5.41, 5.74) is 1.12. The molecule has 0 aromatic carbocycles. The first-order valence-corrected chi connectivity index (χ1v) is 10.3. The van der Waals surface area contributed by atoms with E-state index in [1.54, 1.807) is 18.3 Å². The van der Waals surface area contributed by atoms with Crippen LogP contribution in [0.1, 0.15) is 32.9 Å². The second kappa shape index (κ2) is 8.31. The van der Waals surface area contributed by atoms with Crippen LogP contribution in [-0.2, 0) is 11.2 Å². The van der Waals surface area contributed by atoms with Gasteiger partial charge in [-0.25, -0.2) is 24.3 Å². The maximum absolute atomic E-state index is 15.5. The van der Waals surface area contributed by atoms with Gasteiger partial charge >= 0.3 is 5.97 Å². The van der Waals surface area contributed by atoms with Crippen molar-refractivity contribution in [2.45, 2.75) is 33.6 Å². The Bertz CT molecular complexity index is 1280. The summed E-state index contributed by atoms with van der Waals surface area (Å²) >= 11 is 6.01. The molecule has 32 heavy (non-hydrogen) atoms. The van der Waals surface area contributed by atoms with Crippen molar-refractivity contribution in [3.63, 3.8) is 0 Å². The lowest BCUT2D eigenvalue weighted by molar-refractivity contribution is -0.139. The van der Waals surface area contributed by atoms with Gasteiger partial charge in [-0.15, -0.1) is 0 Å². The highest BCUT2D eigenvalue weighted by molar-refractivity contribution is 6.29. The molecule has 166 valence electrons. The molecular formula is C22H21ClFN5O3. The monoisotopic (exact) mass is 457 g/mol. The van der Waals surface area contributed by atoms with Crippen LogP contribution in [0.25, 0.3) is 34.0 Å². The Hall–Kier alpha value is -3.33. The van der Waals surface area contributed by atoms with Gasteiger partial charge in [-0.2, -0.15) is 0 Å².